The van der Waals surface area contributed by atoms with Crippen LogP contribution in [-0.2, 0) is 6.42 Å². The van der Waals surface area contributed by atoms with Crippen LogP contribution < -0.4 is 5.73 Å². The van der Waals surface area contributed by atoms with Gasteiger partial charge >= 0.3 is 0 Å². The van der Waals surface area contributed by atoms with Gasteiger partial charge in [0, 0.05) is 11.6 Å². The molecule has 0 saturated heterocycles. The third kappa shape index (κ3) is 3.07. The van der Waals surface area contributed by atoms with Crippen molar-refractivity contribution < 1.29 is 9.63 Å². The first-order valence-corrected chi connectivity index (χ1v) is 5.65. The Morgan fingerprint density at radius 2 is 2.06 bits per heavy atom. The minimum Gasteiger partial charge on any atom is -0.393 e. The monoisotopic (exact) mass is 232 g/mol. The molecule has 90 valence electrons. The lowest BCUT2D eigenvalue weighted by Crippen LogP contribution is -2.01. The van der Waals surface area contributed by atoms with E-state index in [0.29, 0.717) is 5.88 Å². The number of anilines is 1. The summed E-state index contributed by atoms with van der Waals surface area (Å²) >= 11 is 0. The molecule has 0 saturated carbocycles. The molecule has 0 spiro atoms. The molecule has 0 aliphatic carbocycles. The number of hydrogen-bond donors (Lipinski definition) is 2. The van der Waals surface area contributed by atoms with Gasteiger partial charge in [0.2, 0.25) is 5.88 Å². The standard InChI is InChI=1S/C13H16N2O2/c1-9(16)2-3-10-4-6-11(7-5-10)12-8-13(14)17-15-12/h4-9,16H,2-3,14H2,1H3. The maximum atomic E-state index is 9.21. The molecule has 2 aromatic rings. The van der Waals surface area contributed by atoms with Gasteiger partial charge in [-0.2, -0.15) is 0 Å². The van der Waals surface area contributed by atoms with Crippen LogP contribution in [0.2, 0.25) is 0 Å². The summed E-state index contributed by atoms with van der Waals surface area (Å²) in [6.45, 7) is 1.80. The van der Waals surface area contributed by atoms with Crippen molar-refractivity contribution in [2.24, 2.45) is 0 Å². The van der Waals surface area contributed by atoms with E-state index in [1.807, 2.05) is 24.3 Å². The van der Waals surface area contributed by atoms with Gasteiger partial charge in [0.05, 0.1) is 6.10 Å². The number of aromatic nitrogens is 1. The highest BCUT2D eigenvalue weighted by molar-refractivity contribution is 5.61. The summed E-state index contributed by atoms with van der Waals surface area (Å²) in [5, 5.41) is 13.1. The number of aliphatic hydroxyl groups is 1. The lowest BCUT2D eigenvalue weighted by molar-refractivity contribution is 0.185. The molecule has 1 atom stereocenters. The molecule has 17 heavy (non-hydrogen) atoms. The highest BCUT2D eigenvalue weighted by Crippen LogP contribution is 2.20. The van der Waals surface area contributed by atoms with Crippen molar-refractivity contribution in [3.63, 3.8) is 0 Å². The molecule has 0 bridgehead atoms. The van der Waals surface area contributed by atoms with Gasteiger partial charge < -0.3 is 15.4 Å². The summed E-state index contributed by atoms with van der Waals surface area (Å²) < 4.78 is 4.82. The van der Waals surface area contributed by atoms with E-state index >= 15 is 0 Å². The molecule has 0 fully saturated rings. The van der Waals surface area contributed by atoms with Gasteiger partial charge in [-0.15, -0.1) is 0 Å². The summed E-state index contributed by atoms with van der Waals surface area (Å²) in [6, 6.07) is 9.72. The van der Waals surface area contributed by atoms with Gasteiger partial charge in [0.25, 0.3) is 0 Å². The summed E-state index contributed by atoms with van der Waals surface area (Å²) in [5.74, 6) is 0.318. The molecule has 1 aromatic carbocycles. The van der Waals surface area contributed by atoms with Crippen molar-refractivity contribution in [3.8, 4) is 11.3 Å². The Hall–Kier alpha value is -1.81. The molecule has 1 heterocycles. The maximum absolute atomic E-state index is 9.21. The molecule has 3 N–H and O–H groups in total. The second-order valence-corrected chi connectivity index (χ2v) is 4.20. The average molecular weight is 232 g/mol. The molecule has 4 heteroatoms. The van der Waals surface area contributed by atoms with Crippen LogP contribution in [0.15, 0.2) is 34.9 Å². The van der Waals surface area contributed by atoms with Crippen molar-refractivity contribution in [2.75, 3.05) is 5.73 Å². The van der Waals surface area contributed by atoms with E-state index in [4.69, 9.17) is 10.3 Å². The zero-order valence-electron chi connectivity index (χ0n) is 9.76. The van der Waals surface area contributed by atoms with Gasteiger partial charge in [-0.25, -0.2) is 0 Å². The Bertz CT molecular complexity index is 474. The van der Waals surface area contributed by atoms with E-state index in [2.05, 4.69) is 5.16 Å². The summed E-state index contributed by atoms with van der Waals surface area (Å²) in [7, 11) is 0. The zero-order valence-corrected chi connectivity index (χ0v) is 9.76. The van der Waals surface area contributed by atoms with Gasteiger partial charge in [-0.05, 0) is 25.3 Å². The first-order chi connectivity index (χ1) is 8.15. The number of benzene rings is 1. The number of aryl methyl sites for hydroxylation is 1. The topological polar surface area (TPSA) is 72.3 Å². The molecule has 0 amide bonds. The van der Waals surface area contributed by atoms with E-state index in [1.54, 1.807) is 13.0 Å². The van der Waals surface area contributed by atoms with E-state index in [9.17, 15) is 5.11 Å². The predicted molar refractivity (Wildman–Crippen MR) is 66.4 cm³/mol. The quantitative estimate of drug-likeness (QED) is 0.848. The SMILES string of the molecule is CC(O)CCc1ccc(-c2cc(N)on2)cc1. The molecule has 1 aromatic heterocycles. The van der Waals surface area contributed by atoms with Crippen LogP contribution in [0, 0.1) is 0 Å². The molecule has 0 radical (unpaired) electrons. The van der Waals surface area contributed by atoms with Crippen LogP contribution in [0.25, 0.3) is 11.3 Å². The first kappa shape index (κ1) is 11.7. The minimum absolute atomic E-state index is 0.259. The highest BCUT2D eigenvalue weighted by Gasteiger charge is 2.04. The van der Waals surface area contributed by atoms with E-state index in [-0.39, 0.29) is 6.10 Å². The number of nitrogen functional groups attached to an aromatic ring is 1. The van der Waals surface area contributed by atoms with Gasteiger partial charge in [-0.1, -0.05) is 29.4 Å². The van der Waals surface area contributed by atoms with Crippen LogP contribution in [0.5, 0.6) is 0 Å². The van der Waals surface area contributed by atoms with Crippen LogP contribution in [0.1, 0.15) is 18.9 Å². The van der Waals surface area contributed by atoms with E-state index in [1.165, 1.54) is 5.56 Å². The molecular formula is C13H16N2O2. The first-order valence-electron chi connectivity index (χ1n) is 5.65. The normalized spacial score (nSPS) is 12.6. The summed E-state index contributed by atoms with van der Waals surface area (Å²) in [6.07, 6.45) is 1.39. The largest absolute Gasteiger partial charge is 0.393 e. The van der Waals surface area contributed by atoms with Crippen molar-refractivity contribution in [1.82, 2.24) is 5.16 Å². The van der Waals surface area contributed by atoms with Crippen LogP contribution >= 0.6 is 0 Å². The fourth-order valence-corrected chi connectivity index (χ4v) is 1.64. The lowest BCUT2D eigenvalue weighted by atomic mass is 10.0. The maximum Gasteiger partial charge on any atom is 0.222 e. The van der Waals surface area contributed by atoms with Crippen molar-refractivity contribution in [1.29, 1.82) is 0 Å². The summed E-state index contributed by atoms with van der Waals surface area (Å²) in [5.41, 5.74) is 8.39. The van der Waals surface area contributed by atoms with Crippen LogP contribution in [-0.4, -0.2) is 16.4 Å². The Morgan fingerprint density at radius 1 is 1.35 bits per heavy atom. The number of nitrogens with two attached hydrogens (primary N) is 1. The molecule has 2 rings (SSSR count). The minimum atomic E-state index is -0.259. The van der Waals surface area contributed by atoms with E-state index in [0.717, 1.165) is 24.1 Å². The molecule has 4 nitrogen and oxygen atoms in total. The molecule has 0 aliphatic heterocycles. The second-order valence-electron chi connectivity index (χ2n) is 4.20. The zero-order chi connectivity index (χ0) is 12.3. The third-order valence-corrected chi connectivity index (χ3v) is 2.63. The Morgan fingerprint density at radius 3 is 2.59 bits per heavy atom. The van der Waals surface area contributed by atoms with Crippen molar-refractivity contribution in [2.45, 2.75) is 25.9 Å². The third-order valence-electron chi connectivity index (χ3n) is 2.63. The van der Waals surface area contributed by atoms with E-state index < -0.39 is 0 Å². The van der Waals surface area contributed by atoms with Gasteiger partial charge in [0.1, 0.15) is 5.69 Å². The average Bonchev–Trinajstić information content (AvgIpc) is 2.74. The Balaban J connectivity index is 2.07. The smallest absolute Gasteiger partial charge is 0.222 e. The molecule has 1 unspecified atom stereocenters. The second kappa shape index (κ2) is 5.01. The highest BCUT2D eigenvalue weighted by atomic mass is 16.5. The number of nitrogens with zero attached hydrogens (tertiary/aromatic N) is 1. The Kier molecular flexibility index (Phi) is 3.44. The predicted octanol–water partition coefficient (Wildman–Crippen LogP) is 2.24. The van der Waals surface area contributed by atoms with Crippen LogP contribution in [0.3, 0.4) is 0 Å². The van der Waals surface area contributed by atoms with Gasteiger partial charge in [-0.3, -0.25) is 0 Å². The fraction of sp³-hybridized carbons (Fsp3) is 0.308. The Labute approximate surface area is 100 Å². The fourth-order valence-electron chi connectivity index (χ4n) is 1.64. The van der Waals surface area contributed by atoms with Crippen LogP contribution in [0.4, 0.5) is 5.88 Å². The number of rotatable bonds is 4. The van der Waals surface area contributed by atoms with Crippen molar-refractivity contribution >= 4 is 5.88 Å². The summed E-state index contributed by atoms with van der Waals surface area (Å²) in [4.78, 5) is 0. The molecular weight excluding hydrogens is 216 g/mol. The van der Waals surface area contributed by atoms with Gasteiger partial charge in [0.15, 0.2) is 0 Å². The number of aliphatic hydroxyl groups excluding tert-OH is 1. The van der Waals surface area contributed by atoms with Crippen molar-refractivity contribution in [3.05, 3.63) is 35.9 Å². The number of hydrogen-bond acceptors (Lipinski definition) is 4. The lowest BCUT2D eigenvalue weighted by Gasteiger charge is -2.04. The molecule has 0 aliphatic rings.